The third-order valence-corrected chi connectivity index (χ3v) is 5.06. The number of carbonyl (C=O) groups excluding carboxylic acids is 1. The third-order valence-electron chi connectivity index (χ3n) is 3.55. The van der Waals surface area contributed by atoms with Gasteiger partial charge in [-0.3, -0.25) is 9.79 Å². The van der Waals surface area contributed by atoms with Crippen LogP contribution in [0.15, 0.2) is 58.5 Å². The van der Waals surface area contributed by atoms with Crippen molar-refractivity contribution in [2.45, 2.75) is 19.5 Å². The van der Waals surface area contributed by atoms with E-state index in [4.69, 9.17) is 23.2 Å². The SMILES string of the molecule is CC1(C)N=C(SCC(=O)Nc2ccccc2)C(c2ccc(Cl)cc2Cl)=N1. The molecule has 0 saturated heterocycles. The van der Waals surface area contributed by atoms with Gasteiger partial charge in [0.15, 0.2) is 0 Å². The number of hydrogen-bond acceptors (Lipinski definition) is 4. The molecule has 134 valence electrons. The van der Waals surface area contributed by atoms with E-state index in [1.165, 1.54) is 11.8 Å². The second kappa shape index (κ2) is 7.82. The number of benzene rings is 2. The Hall–Kier alpha value is -1.82. The summed E-state index contributed by atoms with van der Waals surface area (Å²) in [5.41, 5.74) is 1.63. The van der Waals surface area contributed by atoms with Crippen molar-refractivity contribution in [1.29, 1.82) is 0 Å². The monoisotopic (exact) mass is 405 g/mol. The lowest BCUT2D eigenvalue weighted by atomic mass is 10.1. The number of nitrogens with one attached hydrogen (secondary N) is 1. The first-order valence-electron chi connectivity index (χ1n) is 7.97. The highest BCUT2D eigenvalue weighted by molar-refractivity contribution is 8.16. The summed E-state index contributed by atoms with van der Waals surface area (Å²) in [6.45, 7) is 3.82. The quantitative estimate of drug-likeness (QED) is 0.749. The number of carbonyl (C=O) groups is 1. The van der Waals surface area contributed by atoms with Gasteiger partial charge < -0.3 is 5.32 Å². The fraction of sp³-hybridized carbons (Fsp3) is 0.211. The predicted molar refractivity (Wildman–Crippen MR) is 112 cm³/mol. The van der Waals surface area contributed by atoms with E-state index in [0.29, 0.717) is 20.8 Å². The zero-order valence-electron chi connectivity index (χ0n) is 14.3. The van der Waals surface area contributed by atoms with Crippen LogP contribution in [0.4, 0.5) is 5.69 Å². The van der Waals surface area contributed by atoms with Gasteiger partial charge in [0.25, 0.3) is 0 Å². The van der Waals surface area contributed by atoms with Gasteiger partial charge in [-0.25, -0.2) is 4.99 Å². The lowest BCUT2D eigenvalue weighted by Crippen LogP contribution is -2.17. The Kier molecular flexibility index (Phi) is 5.70. The van der Waals surface area contributed by atoms with Crippen LogP contribution in [0.3, 0.4) is 0 Å². The molecule has 0 fully saturated rings. The standard InChI is InChI=1S/C19H17Cl2N3OS/c1-19(2)23-17(14-9-8-12(20)10-15(14)21)18(24-19)26-11-16(25)22-13-6-4-3-5-7-13/h3-10H,11H2,1-2H3,(H,22,25). The molecule has 2 aromatic rings. The van der Waals surface area contributed by atoms with Crippen LogP contribution in [0.5, 0.6) is 0 Å². The van der Waals surface area contributed by atoms with E-state index in [9.17, 15) is 4.79 Å². The second-order valence-corrected chi connectivity index (χ2v) is 8.01. The van der Waals surface area contributed by atoms with Gasteiger partial charge in [0.2, 0.25) is 5.91 Å². The van der Waals surface area contributed by atoms with Crippen LogP contribution in [0.2, 0.25) is 10.0 Å². The van der Waals surface area contributed by atoms with E-state index in [0.717, 1.165) is 11.3 Å². The minimum Gasteiger partial charge on any atom is -0.325 e. The Balaban J connectivity index is 1.73. The summed E-state index contributed by atoms with van der Waals surface area (Å²) in [5.74, 6) is 0.128. The average molecular weight is 406 g/mol. The van der Waals surface area contributed by atoms with Gasteiger partial charge in [0, 0.05) is 16.3 Å². The van der Waals surface area contributed by atoms with Crippen LogP contribution in [0.1, 0.15) is 19.4 Å². The minimum absolute atomic E-state index is 0.102. The Bertz CT molecular complexity index is 895. The molecule has 0 atom stereocenters. The molecule has 26 heavy (non-hydrogen) atoms. The fourth-order valence-electron chi connectivity index (χ4n) is 2.46. The van der Waals surface area contributed by atoms with Gasteiger partial charge in [0.1, 0.15) is 16.4 Å². The van der Waals surface area contributed by atoms with E-state index in [1.54, 1.807) is 12.1 Å². The number of anilines is 1. The van der Waals surface area contributed by atoms with Crippen molar-refractivity contribution in [3.63, 3.8) is 0 Å². The Morgan fingerprint density at radius 1 is 1.12 bits per heavy atom. The van der Waals surface area contributed by atoms with Crippen LogP contribution >= 0.6 is 35.0 Å². The van der Waals surface area contributed by atoms with E-state index >= 15 is 0 Å². The first-order chi connectivity index (χ1) is 12.3. The lowest BCUT2D eigenvalue weighted by Gasteiger charge is -2.08. The van der Waals surface area contributed by atoms with Gasteiger partial charge in [-0.2, -0.15) is 0 Å². The molecule has 4 nitrogen and oxygen atoms in total. The van der Waals surface area contributed by atoms with E-state index in [-0.39, 0.29) is 11.7 Å². The molecule has 0 spiro atoms. The van der Waals surface area contributed by atoms with Crippen molar-refractivity contribution in [2.75, 3.05) is 11.1 Å². The molecule has 1 aliphatic rings. The van der Waals surface area contributed by atoms with Gasteiger partial charge in [-0.05, 0) is 44.2 Å². The molecule has 1 heterocycles. The maximum atomic E-state index is 12.2. The van der Waals surface area contributed by atoms with E-state index < -0.39 is 5.66 Å². The van der Waals surface area contributed by atoms with Gasteiger partial charge in [0.05, 0.1) is 10.8 Å². The largest absolute Gasteiger partial charge is 0.325 e. The maximum absolute atomic E-state index is 12.2. The third kappa shape index (κ3) is 4.67. The van der Waals surface area contributed by atoms with E-state index in [2.05, 4.69) is 15.3 Å². The topological polar surface area (TPSA) is 53.8 Å². The number of hydrogen-bond donors (Lipinski definition) is 1. The lowest BCUT2D eigenvalue weighted by molar-refractivity contribution is -0.113. The number of nitrogens with zero attached hydrogens (tertiary/aromatic N) is 2. The molecule has 0 saturated carbocycles. The van der Waals surface area contributed by atoms with Gasteiger partial charge in [-0.1, -0.05) is 53.2 Å². The van der Waals surface area contributed by atoms with Crippen molar-refractivity contribution in [3.8, 4) is 0 Å². The summed E-state index contributed by atoms with van der Waals surface area (Å²) in [6.07, 6.45) is 0. The normalized spacial score (nSPS) is 15.4. The van der Waals surface area contributed by atoms with Crippen molar-refractivity contribution < 1.29 is 4.79 Å². The Labute approximate surface area is 166 Å². The van der Waals surface area contributed by atoms with Crippen molar-refractivity contribution in [3.05, 3.63) is 64.1 Å². The molecule has 0 unspecified atom stereocenters. The zero-order valence-corrected chi connectivity index (χ0v) is 16.6. The van der Waals surface area contributed by atoms with Crippen LogP contribution in [0, 0.1) is 0 Å². The molecular weight excluding hydrogens is 389 g/mol. The smallest absolute Gasteiger partial charge is 0.234 e. The summed E-state index contributed by atoms with van der Waals surface area (Å²) in [4.78, 5) is 21.5. The highest BCUT2D eigenvalue weighted by Gasteiger charge is 2.29. The van der Waals surface area contributed by atoms with Crippen molar-refractivity contribution in [2.24, 2.45) is 9.98 Å². The molecule has 1 amide bonds. The number of halogens is 2. The molecule has 0 bridgehead atoms. The number of rotatable bonds is 4. The van der Waals surface area contributed by atoms with Gasteiger partial charge >= 0.3 is 0 Å². The molecule has 0 radical (unpaired) electrons. The number of para-hydroxylation sites is 1. The van der Waals surface area contributed by atoms with Crippen LogP contribution in [-0.2, 0) is 4.79 Å². The molecule has 0 aromatic heterocycles. The van der Waals surface area contributed by atoms with Crippen LogP contribution in [0.25, 0.3) is 0 Å². The van der Waals surface area contributed by atoms with Crippen molar-refractivity contribution in [1.82, 2.24) is 0 Å². The molecule has 0 aliphatic carbocycles. The Morgan fingerprint density at radius 3 is 2.54 bits per heavy atom. The second-order valence-electron chi connectivity index (χ2n) is 6.20. The summed E-state index contributed by atoms with van der Waals surface area (Å²) >= 11 is 13.7. The van der Waals surface area contributed by atoms with E-state index in [1.807, 2.05) is 50.2 Å². The average Bonchev–Trinajstić information content (AvgIpc) is 2.88. The van der Waals surface area contributed by atoms with Crippen LogP contribution in [-0.4, -0.2) is 28.1 Å². The first-order valence-corrected chi connectivity index (χ1v) is 9.71. The summed E-state index contributed by atoms with van der Waals surface area (Å²) < 4.78 is 0. The number of thioether (sulfide) groups is 1. The zero-order chi connectivity index (χ0) is 18.7. The number of amides is 1. The maximum Gasteiger partial charge on any atom is 0.234 e. The molecule has 1 N–H and O–H groups in total. The summed E-state index contributed by atoms with van der Waals surface area (Å²) in [6, 6.07) is 14.6. The number of aliphatic imine (C=N–C) groups is 2. The minimum atomic E-state index is -0.587. The molecule has 3 rings (SSSR count). The summed E-state index contributed by atoms with van der Waals surface area (Å²) in [5, 5.41) is 4.63. The molecule has 7 heteroatoms. The van der Waals surface area contributed by atoms with Gasteiger partial charge in [-0.15, -0.1) is 0 Å². The highest BCUT2D eigenvalue weighted by Crippen LogP contribution is 2.30. The molecule has 1 aliphatic heterocycles. The fourth-order valence-corrected chi connectivity index (χ4v) is 3.88. The Morgan fingerprint density at radius 2 is 1.85 bits per heavy atom. The molecule has 2 aromatic carbocycles. The van der Waals surface area contributed by atoms with Crippen molar-refractivity contribution >= 4 is 57.3 Å². The first kappa shape index (κ1) is 19.0. The molecular formula is C19H17Cl2N3OS. The highest BCUT2D eigenvalue weighted by atomic mass is 35.5. The summed E-state index contributed by atoms with van der Waals surface area (Å²) in [7, 11) is 0. The van der Waals surface area contributed by atoms with Crippen LogP contribution < -0.4 is 5.32 Å². The predicted octanol–water partition coefficient (Wildman–Crippen LogP) is 5.30.